The number of nitrogen functional groups attached to an aromatic ring is 1. The first-order valence-corrected chi connectivity index (χ1v) is 3.14. The minimum Gasteiger partial charge on any atom is -0.384 e. The highest BCUT2D eigenvalue weighted by Crippen LogP contribution is 2.07. The molecule has 0 bridgehead atoms. The lowest BCUT2D eigenvalue weighted by Gasteiger charge is -1.97. The Hall–Kier alpha value is -1.25. The molecule has 0 spiro atoms. The molecule has 0 aliphatic rings. The summed E-state index contributed by atoms with van der Waals surface area (Å²) in [5, 5.41) is 4.03. The molecule has 0 aliphatic carbocycles. The van der Waals surface area contributed by atoms with E-state index in [9.17, 15) is 0 Å². The summed E-state index contributed by atoms with van der Waals surface area (Å²) in [6.45, 7) is 6.20. The molecule has 0 saturated carbocycles. The van der Waals surface area contributed by atoms with Crippen molar-refractivity contribution in [1.82, 2.24) is 9.78 Å². The average Bonchev–Trinajstić information content (AvgIpc) is 2.20. The van der Waals surface area contributed by atoms with Crippen LogP contribution < -0.4 is 5.73 Å². The van der Waals surface area contributed by atoms with Gasteiger partial charge >= 0.3 is 0 Å². The number of hydrogen-bond acceptors (Lipinski definition) is 2. The van der Waals surface area contributed by atoms with Gasteiger partial charge in [0.05, 0.1) is 12.7 Å². The number of nitrogens with two attached hydrogens (primary N) is 1. The van der Waals surface area contributed by atoms with Crippen molar-refractivity contribution in [3.8, 4) is 0 Å². The Balaban J connectivity index is 2.93. The van der Waals surface area contributed by atoms with Gasteiger partial charge in [-0.1, -0.05) is 6.08 Å². The number of aromatic nitrogens is 2. The summed E-state index contributed by atoms with van der Waals surface area (Å²) in [6, 6.07) is 0. The molecule has 10 heavy (non-hydrogen) atoms. The lowest BCUT2D eigenvalue weighted by atomic mass is 10.4. The van der Waals surface area contributed by atoms with E-state index in [4.69, 9.17) is 5.73 Å². The molecule has 2 N–H and O–H groups in total. The van der Waals surface area contributed by atoms with Gasteiger partial charge in [-0.3, -0.25) is 0 Å². The van der Waals surface area contributed by atoms with Crippen LogP contribution in [0, 0.1) is 6.92 Å². The third-order valence-corrected chi connectivity index (χ3v) is 1.37. The van der Waals surface area contributed by atoms with E-state index in [0.717, 1.165) is 11.4 Å². The van der Waals surface area contributed by atoms with E-state index in [1.807, 2.05) is 6.92 Å². The predicted molar refractivity (Wildman–Crippen MR) is 41.6 cm³/mol. The predicted octanol–water partition coefficient (Wildman–Crippen LogP) is 0.960. The highest BCUT2D eigenvalue weighted by Gasteiger charge is 1.98. The van der Waals surface area contributed by atoms with Crippen molar-refractivity contribution >= 4 is 5.82 Å². The van der Waals surface area contributed by atoms with E-state index in [2.05, 4.69) is 11.7 Å². The smallest absolute Gasteiger partial charge is 0.124 e. The molecule has 0 saturated heterocycles. The van der Waals surface area contributed by atoms with Gasteiger partial charge in [-0.25, -0.2) is 4.68 Å². The van der Waals surface area contributed by atoms with Crippen molar-refractivity contribution in [2.75, 3.05) is 5.73 Å². The van der Waals surface area contributed by atoms with E-state index in [1.165, 1.54) is 0 Å². The van der Waals surface area contributed by atoms with Crippen LogP contribution in [-0.4, -0.2) is 9.78 Å². The SMILES string of the molecule is C=CCn1ncc(C)c1N. The molecule has 1 aromatic rings. The number of anilines is 1. The Bertz CT molecular complexity index is 237. The lowest BCUT2D eigenvalue weighted by Crippen LogP contribution is -2.02. The van der Waals surface area contributed by atoms with Crippen LogP contribution in [-0.2, 0) is 6.54 Å². The number of hydrogen-bond donors (Lipinski definition) is 1. The normalized spacial score (nSPS) is 9.70. The number of rotatable bonds is 2. The maximum atomic E-state index is 5.64. The molecule has 0 radical (unpaired) electrons. The fraction of sp³-hybridized carbons (Fsp3) is 0.286. The Labute approximate surface area is 60.1 Å². The molecule has 3 heteroatoms. The first kappa shape index (κ1) is 6.86. The van der Waals surface area contributed by atoms with E-state index in [-0.39, 0.29) is 0 Å². The first-order chi connectivity index (χ1) is 4.75. The molecule has 1 aromatic heterocycles. The van der Waals surface area contributed by atoms with Gasteiger partial charge in [0.15, 0.2) is 0 Å². The molecule has 1 heterocycles. The van der Waals surface area contributed by atoms with E-state index < -0.39 is 0 Å². The van der Waals surface area contributed by atoms with Gasteiger partial charge in [-0.2, -0.15) is 5.10 Å². The van der Waals surface area contributed by atoms with Crippen molar-refractivity contribution in [3.63, 3.8) is 0 Å². The van der Waals surface area contributed by atoms with Gasteiger partial charge in [0.2, 0.25) is 0 Å². The Morgan fingerprint density at radius 1 is 1.90 bits per heavy atom. The van der Waals surface area contributed by atoms with Crippen LogP contribution in [0.3, 0.4) is 0 Å². The van der Waals surface area contributed by atoms with Crippen molar-refractivity contribution in [2.24, 2.45) is 0 Å². The summed E-state index contributed by atoms with van der Waals surface area (Å²) in [6.07, 6.45) is 3.52. The summed E-state index contributed by atoms with van der Waals surface area (Å²) in [4.78, 5) is 0. The maximum absolute atomic E-state index is 5.64. The van der Waals surface area contributed by atoms with Gasteiger partial charge in [-0.05, 0) is 6.92 Å². The van der Waals surface area contributed by atoms with Crippen LogP contribution in [0.4, 0.5) is 5.82 Å². The highest BCUT2D eigenvalue weighted by molar-refractivity contribution is 5.37. The summed E-state index contributed by atoms with van der Waals surface area (Å²) < 4.78 is 1.71. The molecule has 0 amide bonds. The number of aryl methyl sites for hydroxylation is 1. The fourth-order valence-corrected chi connectivity index (χ4v) is 0.756. The minimum absolute atomic E-state index is 0.680. The highest BCUT2D eigenvalue weighted by atomic mass is 15.3. The van der Waals surface area contributed by atoms with Gasteiger partial charge in [0.25, 0.3) is 0 Å². The Kier molecular flexibility index (Phi) is 1.76. The molecule has 0 aromatic carbocycles. The summed E-state index contributed by atoms with van der Waals surface area (Å²) in [5.41, 5.74) is 6.66. The molecule has 1 rings (SSSR count). The van der Waals surface area contributed by atoms with E-state index >= 15 is 0 Å². The molecule has 0 aliphatic heterocycles. The Morgan fingerprint density at radius 2 is 2.60 bits per heavy atom. The second-order valence-electron chi connectivity index (χ2n) is 2.18. The van der Waals surface area contributed by atoms with Crippen molar-refractivity contribution < 1.29 is 0 Å². The van der Waals surface area contributed by atoms with E-state index in [1.54, 1.807) is 17.0 Å². The van der Waals surface area contributed by atoms with Gasteiger partial charge < -0.3 is 5.73 Å². The second-order valence-corrected chi connectivity index (χ2v) is 2.18. The molecule has 0 unspecified atom stereocenters. The summed E-state index contributed by atoms with van der Waals surface area (Å²) >= 11 is 0. The first-order valence-electron chi connectivity index (χ1n) is 3.14. The van der Waals surface area contributed by atoms with Crippen LogP contribution >= 0.6 is 0 Å². The second kappa shape index (κ2) is 2.56. The van der Waals surface area contributed by atoms with Crippen LogP contribution in [0.15, 0.2) is 18.9 Å². The molecular weight excluding hydrogens is 126 g/mol. The minimum atomic E-state index is 0.680. The third kappa shape index (κ3) is 1.03. The zero-order valence-electron chi connectivity index (χ0n) is 6.04. The molecule has 0 atom stereocenters. The lowest BCUT2D eigenvalue weighted by molar-refractivity contribution is 0.713. The zero-order valence-corrected chi connectivity index (χ0v) is 6.04. The van der Waals surface area contributed by atoms with Crippen molar-refractivity contribution in [3.05, 3.63) is 24.4 Å². The van der Waals surface area contributed by atoms with Crippen LogP contribution in [0.1, 0.15) is 5.56 Å². The summed E-state index contributed by atoms with van der Waals surface area (Å²) in [7, 11) is 0. The number of nitrogens with zero attached hydrogens (tertiary/aromatic N) is 2. The average molecular weight is 137 g/mol. The van der Waals surface area contributed by atoms with Gasteiger partial charge in [0, 0.05) is 5.56 Å². The van der Waals surface area contributed by atoms with Gasteiger partial charge in [0.1, 0.15) is 5.82 Å². The zero-order chi connectivity index (χ0) is 7.56. The monoisotopic (exact) mass is 137 g/mol. The van der Waals surface area contributed by atoms with Crippen LogP contribution in [0.5, 0.6) is 0 Å². The van der Waals surface area contributed by atoms with Crippen molar-refractivity contribution in [1.29, 1.82) is 0 Å². The topological polar surface area (TPSA) is 43.8 Å². The molecule has 0 fully saturated rings. The third-order valence-electron chi connectivity index (χ3n) is 1.37. The summed E-state index contributed by atoms with van der Waals surface area (Å²) in [5.74, 6) is 0.722. The Morgan fingerprint density at radius 3 is 3.00 bits per heavy atom. The molecular formula is C7H11N3. The standard InChI is InChI=1S/C7H11N3/c1-3-4-10-7(8)6(2)5-9-10/h3,5H,1,4,8H2,2H3. The quantitative estimate of drug-likeness (QED) is 0.617. The van der Waals surface area contributed by atoms with Gasteiger partial charge in [-0.15, -0.1) is 6.58 Å². The molecule has 3 nitrogen and oxygen atoms in total. The number of allylic oxidation sites excluding steroid dienone is 1. The van der Waals surface area contributed by atoms with Crippen LogP contribution in [0.2, 0.25) is 0 Å². The van der Waals surface area contributed by atoms with Crippen LogP contribution in [0.25, 0.3) is 0 Å². The largest absolute Gasteiger partial charge is 0.384 e. The van der Waals surface area contributed by atoms with Crippen molar-refractivity contribution in [2.45, 2.75) is 13.5 Å². The fourth-order valence-electron chi connectivity index (χ4n) is 0.756. The maximum Gasteiger partial charge on any atom is 0.124 e. The molecule has 54 valence electrons. The van der Waals surface area contributed by atoms with E-state index in [0.29, 0.717) is 6.54 Å².